The number of halogens is 1. The number of carboxylic acids is 1. The van der Waals surface area contributed by atoms with Gasteiger partial charge in [-0.05, 0) is 32.6 Å². The van der Waals surface area contributed by atoms with E-state index in [1.54, 1.807) is 4.57 Å². The zero-order valence-corrected chi connectivity index (χ0v) is 27.3. The fourth-order valence-electron chi connectivity index (χ4n) is 7.73. The summed E-state index contributed by atoms with van der Waals surface area (Å²) in [5.41, 5.74) is 0.579. The van der Waals surface area contributed by atoms with E-state index in [1.165, 1.54) is 6.20 Å². The summed E-state index contributed by atoms with van der Waals surface area (Å²) in [5, 5.41) is 18.9. The molecule has 5 aliphatic heterocycles. The van der Waals surface area contributed by atoms with Crippen molar-refractivity contribution in [1.82, 2.24) is 14.4 Å². The van der Waals surface area contributed by atoms with Gasteiger partial charge >= 0.3 is 11.9 Å². The number of morpholine rings is 1. The van der Waals surface area contributed by atoms with E-state index in [9.17, 15) is 29.0 Å². The number of rotatable bonds is 6. The Kier molecular flexibility index (Phi) is 8.65. The number of piperazine rings is 1. The molecule has 1 aromatic heterocycles. The predicted octanol–water partition coefficient (Wildman–Crippen LogP) is 2.46. The van der Waals surface area contributed by atoms with E-state index in [0.29, 0.717) is 54.3 Å². The van der Waals surface area contributed by atoms with Crippen LogP contribution in [0.3, 0.4) is 0 Å². The van der Waals surface area contributed by atoms with Crippen LogP contribution in [-0.4, -0.2) is 120 Å². The van der Waals surface area contributed by atoms with E-state index in [1.807, 2.05) is 49.2 Å². The second-order valence-corrected chi connectivity index (χ2v) is 13.5. The molecule has 1 unspecified atom stereocenters. The molecule has 0 spiro atoms. The quantitative estimate of drug-likeness (QED) is 0.297. The van der Waals surface area contributed by atoms with Gasteiger partial charge in [0.25, 0.3) is 0 Å². The summed E-state index contributed by atoms with van der Waals surface area (Å²) >= 11 is 0. The zero-order chi connectivity index (χ0) is 33.9. The number of likely N-dealkylation sites (N-methyl/N-ethyl adjacent to an activating group) is 2. The number of benzene rings is 2. The molecular formula is C35H41FN4O8. The monoisotopic (exact) mass is 664 g/mol. The van der Waals surface area contributed by atoms with Gasteiger partial charge in [0.2, 0.25) is 5.43 Å². The van der Waals surface area contributed by atoms with Crippen molar-refractivity contribution in [2.75, 3.05) is 58.4 Å². The van der Waals surface area contributed by atoms with E-state index >= 15 is 0 Å². The number of fused-ring (bicyclic) bond motifs is 5. The number of carboxylic acid groups (broad SMARTS) is 1. The molecule has 2 aromatic carbocycles. The number of aliphatic hydroxyl groups excluding tert-OH is 1. The normalized spacial score (nSPS) is 28.1. The number of hydrogen-bond donors (Lipinski definition) is 2. The van der Waals surface area contributed by atoms with Gasteiger partial charge < -0.3 is 38.8 Å². The first-order chi connectivity index (χ1) is 23.1. The molecule has 5 aliphatic rings. The summed E-state index contributed by atoms with van der Waals surface area (Å²) in [5.74, 6) is -2.46. The van der Waals surface area contributed by atoms with Gasteiger partial charge in [-0.2, -0.15) is 0 Å². The lowest BCUT2D eigenvalue weighted by Crippen LogP contribution is -2.48. The molecule has 6 heterocycles. The molecule has 4 fully saturated rings. The molecule has 3 aromatic rings. The van der Waals surface area contributed by atoms with Gasteiger partial charge in [-0.1, -0.05) is 30.3 Å². The summed E-state index contributed by atoms with van der Waals surface area (Å²) in [4.78, 5) is 42.9. The lowest BCUT2D eigenvalue weighted by Gasteiger charge is -2.38. The molecule has 2 bridgehead atoms. The Morgan fingerprint density at radius 3 is 2.35 bits per heavy atom. The minimum Gasteiger partial charge on any atom is -0.487 e. The molecule has 0 radical (unpaired) electrons. The standard InChI is InChI=1S/C18H20FN3O4.C17H21NO4/c1-10-9-26-17-14-11(16(23)12(18(24)25)8-22(10)14)7-13(19)15(17)21-5-3-20(2)4-6-21;1-18-13-7-11(8-14(18)16-15(13)22-16)21-17(20)12(9-19)10-5-3-2-4-6-10/h7-8,10H,3-6,9H2,1-2H3,(H,24,25);2-6,11-16,19H,7-9H2,1H3/t10-;11?,12-,13-,14+,15-,16+/m01/s1. The Balaban J connectivity index is 0.000000154. The molecule has 48 heavy (non-hydrogen) atoms. The number of epoxide rings is 1. The first kappa shape index (κ1) is 32.5. The summed E-state index contributed by atoms with van der Waals surface area (Å²) in [6.07, 6.45) is 3.60. The molecule has 2 N–H and O–H groups in total. The number of aromatic nitrogens is 1. The number of nitrogens with zero attached hydrogens (tertiary/aromatic N) is 4. The molecule has 0 amide bonds. The Labute approximate surface area is 277 Å². The SMILES string of the molecule is CN1[C@@H]2CC(OC(=O)[C@H](CO)c3ccccc3)C[C@H]1[C@@H]1O[C@@H]12.C[C@H]1COc2c(N3CCN(C)CC3)c(F)cc3c(=O)c(C(=O)O)cn1c23. The van der Waals surface area contributed by atoms with Crippen LogP contribution in [0.2, 0.25) is 0 Å². The fraction of sp³-hybridized carbons (Fsp3) is 0.514. The van der Waals surface area contributed by atoms with E-state index in [2.05, 4.69) is 16.8 Å². The van der Waals surface area contributed by atoms with Crippen molar-refractivity contribution in [3.05, 3.63) is 69.8 Å². The van der Waals surface area contributed by atoms with Crippen molar-refractivity contribution >= 4 is 28.5 Å². The topological polar surface area (TPSA) is 137 Å². The van der Waals surface area contributed by atoms with E-state index < -0.39 is 23.1 Å². The number of aromatic carboxylic acids is 1. The van der Waals surface area contributed by atoms with Crippen LogP contribution in [0.25, 0.3) is 10.9 Å². The Hall–Kier alpha value is -4.04. The van der Waals surface area contributed by atoms with Crippen LogP contribution in [0.4, 0.5) is 10.1 Å². The average molecular weight is 665 g/mol. The van der Waals surface area contributed by atoms with Crippen molar-refractivity contribution in [2.24, 2.45) is 0 Å². The van der Waals surface area contributed by atoms with Crippen LogP contribution in [0.1, 0.15) is 47.6 Å². The summed E-state index contributed by atoms with van der Waals surface area (Å²) in [6.45, 7) is 4.85. The van der Waals surface area contributed by atoms with Crippen LogP contribution in [0.5, 0.6) is 5.75 Å². The highest BCUT2D eigenvalue weighted by Crippen LogP contribution is 2.48. The van der Waals surface area contributed by atoms with Gasteiger partial charge in [-0.25, -0.2) is 9.18 Å². The average Bonchev–Trinajstić information content (AvgIpc) is 3.84. The Morgan fingerprint density at radius 2 is 1.73 bits per heavy atom. The van der Waals surface area contributed by atoms with Crippen molar-refractivity contribution < 1.29 is 38.4 Å². The molecule has 0 saturated carbocycles. The van der Waals surface area contributed by atoms with E-state index in [-0.39, 0.29) is 42.3 Å². The number of carbonyl (C=O) groups excluding carboxylic acids is 1. The maximum absolute atomic E-state index is 15.0. The van der Waals surface area contributed by atoms with Gasteiger partial charge in [0.05, 0.1) is 23.6 Å². The first-order valence-corrected chi connectivity index (χ1v) is 16.5. The van der Waals surface area contributed by atoms with E-state index in [0.717, 1.165) is 37.6 Å². The van der Waals surface area contributed by atoms with Crippen LogP contribution in [-0.2, 0) is 14.3 Å². The third kappa shape index (κ3) is 5.72. The van der Waals surface area contributed by atoms with Gasteiger partial charge in [0, 0.05) is 57.3 Å². The lowest BCUT2D eigenvalue weighted by atomic mass is 9.97. The summed E-state index contributed by atoms with van der Waals surface area (Å²) in [7, 11) is 4.14. The minimum atomic E-state index is -1.32. The number of aliphatic hydroxyl groups is 1. The third-order valence-electron chi connectivity index (χ3n) is 10.5. The van der Waals surface area contributed by atoms with Crippen molar-refractivity contribution in [2.45, 2.75) is 62.1 Å². The number of hydrogen-bond acceptors (Lipinski definition) is 10. The molecule has 7 atom stereocenters. The van der Waals surface area contributed by atoms with Crippen LogP contribution in [0, 0.1) is 5.82 Å². The smallest absolute Gasteiger partial charge is 0.341 e. The highest BCUT2D eigenvalue weighted by atomic mass is 19.1. The third-order valence-corrected chi connectivity index (χ3v) is 10.5. The summed E-state index contributed by atoms with van der Waals surface area (Å²) < 4.78 is 33.9. The van der Waals surface area contributed by atoms with Gasteiger partial charge in [-0.3, -0.25) is 14.5 Å². The number of ether oxygens (including phenoxy) is 3. The van der Waals surface area contributed by atoms with Crippen LogP contribution in [0.15, 0.2) is 47.4 Å². The number of anilines is 1. The van der Waals surface area contributed by atoms with Gasteiger partial charge in [-0.15, -0.1) is 0 Å². The molecule has 12 nitrogen and oxygen atoms in total. The van der Waals surface area contributed by atoms with Gasteiger partial charge in [0.15, 0.2) is 11.6 Å². The molecule has 8 rings (SSSR count). The molecule has 256 valence electrons. The molecule has 4 saturated heterocycles. The number of pyridine rings is 1. The molecule has 13 heteroatoms. The highest BCUT2D eigenvalue weighted by molar-refractivity contribution is 5.97. The second kappa shape index (κ2) is 12.8. The second-order valence-electron chi connectivity index (χ2n) is 13.5. The highest BCUT2D eigenvalue weighted by Gasteiger charge is 2.62. The fourth-order valence-corrected chi connectivity index (χ4v) is 7.73. The zero-order valence-electron chi connectivity index (χ0n) is 27.3. The molecule has 0 aliphatic carbocycles. The van der Waals surface area contributed by atoms with Crippen LogP contribution >= 0.6 is 0 Å². The predicted molar refractivity (Wildman–Crippen MR) is 174 cm³/mol. The summed E-state index contributed by atoms with van der Waals surface area (Å²) in [6, 6.07) is 11.1. The Bertz CT molecular complexity index is 1760. The van der Waals surface area contributed by atoms with Crippen LogP contribution < -0.4 is 15.1 Å². The van der Waals surface area contributed by atoms with Crippen molar-refractivity contribution in [3.63, 3.8) is 0 Å². The largest absolute Gasteiger partial charge is 0.487 e. The number of esters is 1. The van der Waals surface area contributed by atoms with Crippen molar-refractivity contribution in [1.29, 1.82) is 0 Å². The maximum Gasteiger partial charge on any atom is 0.341 e. The number of piperidine rings is 1. The minimum absolute atomic E-state index is 0.0434. The molecular weight excluding hydrogens is 623 g/mol. The van der Waals surface area contributed by atoms with E-state index in [4.69, 9.17) is 14.2 Å². The number of carbonyl (C=O) groups is 2. The van der Waals surface area contributed by atoms with Gasteiger partial charge in [0.1, 0.15) is 42.1 Å². The first-order valence-electron chi connectivity index (χ1n) is 16.5. The van der Waals surface area contributed by atoms with Crippen molar-refractivity contribution in [3.8, 4) is 5.75 Å². The lowest BCUT2D eigenvalue weighted by molar-refractivity contribution is -0.156. The Morgan fingerprint density at radius 1 is 1.06 bits per heavy atom. The maximum atomic E-state index is 15.0.